The van der Waals surface area contributed by atoms with Crippen LogP contribution in [-0.2, 0) is 16.0 Å². The minimum atomic E-state index is -0.0440. The molecule has 0 spiro atoms. The first-order chi connectivity index (χ1) is 12.5. The number of benzene rings is 1. The second-order valence-electron chi connectivity index (χ2n) is 7.58. The topological polar surface area (TPSA) is 26.3 Å². The van der Waals surface area contributed by atoms with Crippen LogP contribution in [0.1, 0.15) is 51.5 Å². The van der Waals surface area contributed by atoms with E-state index in [-0.39, 0.29) is 18.4 Å². The molecule has 0 aromatic heterocycles. The van der Waals surface area contributed by atoms with E-state index in [1.165, 1.54) is 24.8 Å². The lowest BCUT2D eigenvalue weighted by molar-refractivity contribution is -0.920. The Bertz CT molecular complexity index is 610. The summed E-state index contributed by atoms with van der Waals surface area (Å²) in [6, 6.07) is 8.01. The Labute approximate surface area is 175 Å². The van der Waals surface area contributed by atoms with Gasteiger partial charge in [0.25, 0.3) is 0 Å². The largest absolute Gasteiger partial charge is 1.00 e. The van der Waals surface area contributed by atoms with E-state index in [4.69, 9.17) is 16.3 Å². The van der Waals surface area contributed by atoms with Crippen LogP contribution in [0.4, 0.5) is 0 Å². The average molecular weight is 414 g/mol. The minimum Gasteiger partial charge on any atom is -1.00 e. The van der Waals surface area contributed by atoms with Crippen molar-refractivity contribution < 1.29 is 26.4 Å². The number of allylic oxidation sites excluding steroid dienone is 1. The predicted molar refractivity (Wildman–Crippen MR) is 108 cm³/mol. The Morgan fingerprint density at radius 3 is 2.59 bits per heavy atom. The van der Waals surface area contributed by atoms with Gasteiger partial charge in [-0.1, -0.05) is 48.7 Å². The summed E-state index contributed by atoms with van der Waals surface area (Å²) in [7, 11) is 0. The Kier molecular flexibility index (Phi) is 11.1. The molecule has 0 unspecified atom stereocenters. The normalized spacial score (nSPS) is 16.5. The number of rotatable bonds is 9. The van der Waals surface area contributed by atoms with E-state index in [9.17, 15) is 4.79 Å². The molecule has 0 N–H and O–H groups in total. The Hall–Kier alpha value is -1.03. The number of nitrogens with zero attached hydrogens (tertiary/aromatic N) is 1. The number of quaternary nitrogens is 1. The van der Waals surface area contributed by atoms with Gasteiger partial charge in [0.2, 0.25) is 0 Å². The molecule has 1 heterocycles. The molecular weight excluding hydrogens is 381 g/mol. The first kappa shape index (κ1) is 24.0. The third kappa shape index (κ3) is 8.25. The van der Waals surface area contributed by atoms with Crippen LogP contribution in [0, 0.1) is 0 Å². The number of esters is 1. The maximum atomic E-state index is 12.3. The van der Waals surface area contributed by atoms with Crippen LogP contribution in [0.5, 0.6) is 0 Å². The zero-order valence-corrected chi connectivity index (χ0v) is 18.2. The molecule has 0 amide bonds. The van der Waals surface area contributed by atoms with Crippen molar-refractivity contribution in [3.63, 3.8) is 0 Å². The highest BCUT2D eigenvalue weighted by Gasteiger charge is 2.32. The van der Waals surface area contributed by atoms with Gasteiger partial charge in [0.1, 0.15) is 0 Å². The van der Waals surface area contributed by atoms with Crippen LogP contribution in [0.2, 0.25) is 5.02 Å². The number of ether oxygens (including phenoxy) is 1. The van der Waals surface area contributed by atoms with Gasteiger partial charge in [0, 0.05) is 5.02 Å². The van der Waals surface area contributed by atoms with E-state index in [0.29, 0.717) is 13.2 Å². The number of halogens is 2. The lowest BCUT2D eigenvalue weighted by Gasteiger charge is -2.40. The lowest BCUT2D eigenvalue weighted by Crippen LogP contribution is -3.00. The van der Waals surface area contributed by atoms with Gasteiger partial charge in [0.15, 0.2) is 6.54 Å². The molecule has 1 aromatic carbocycles. The number of carbonyl (C=O) groups excluding carboxylic acids is 1. The quantitative estimate of drug-likeness (QED) is 0.268. The molecule has 0 aliphatic carbocycles. The summed E-state index contributed by atoms with van der Waals surface area (Å²) in [5.74, 6) is -0.0440. The highest BCUT2D eigenvalue weighted by molar-refractivity contribution is 6.31. The minimum absolute atomic E-state index is 0. The van der Waals surface area contributed by atoms with Gasteiger partial charge in [-0.25, -0.2) is 4.79 Å². The van der Waals surface area contributed by atoms with Gasteiger partial charge in [-0.2, -0.15) is 0 Å². The molecule has 1 fully saturated rings. The van der Waals surface area contributed by atoms with Crippen molar-refractivity contribution in [1.29, 1.82) is 0 Å². The fraction of sp³-hybridized carbons (Fsp3) is 0.591. The van der Waals surface area contributed by atoms with Crippen LogP contribution >= 0.6 is 11.6 Å². The smallest absolute Gasteiger partial charge is 0.361 e. The van der Waals surface area contributed by atoms with Gasteiger partial charge in [-0.15, -0.1) is 0 Å². The number of hydrogen-bond donors (Lipinski definition) is 0. The van der Waals surface area contributed by atoms with Gasteiger partial charge in [0.05, 0.1) is 26.2 Å². The molecule has 0 atom stereocenters. The summed E-state index contributed by atoms with van der Waals surface area (Å²) in [4.78, 5) is 12.3. The second-order valence-corrected chi connectivity index (χ2v) is 7.99. The standard InChI is InChI=1S/C22H33ClNO2.ClH/c1-3-4-16-26-22(25)18-24(13-8-5-9-14-24)15-12-19(2)17-20-10-6-7-11-21(20)23;/h6-7,10-12H,3-5,8-9,13-18H2,1-2H3;1H/q+1;/p-1/b19-12-;. The summed E-state index contributed by atoms with van der Waals surface area (Å²) < 4.78 is 6.27. The fourth-order valence-corrected chi connectivity index (χ4v) is 3.80. The molecular formula is C22H33Cl2NO2. The van der Waals surface area contributed by atoms with Crippen molar-refractivity contribution in [2.45, 2.75) is 52.4 Å². The van der Waals surface area contributed by atoms with Gasteiger partial charge in [-0.05, 0) is 56.7 Å². The van der Waals surface area contributed by atoms with Crippen LogP contribution in [-0.4, -0.2) is 43.2 Å². The highest BCUT2D eigenvalue weighted by Crippen LogP contribution is 2.22. The van der Waals surface area contributed by atoms with Crippen LogP contribution in [0.3, 0.4) is 0 Å². The predicted octanol–water partition coefficient (Wildman–Crippen LogP) is 2.18. The first-order valence-electron chi connectivity index (χ1n) is 9.94. The van der Waals surface area contributed by atoms with E-state index in [1.807, 2.05) is 18.2 Å². The van der Waals surface area contributed by atoms with Gasteiger partial charge < -0.3 is 21.6 Å². The lowest BCUT2D eigenvalue weighted by atomic mass is 10.0. The molecule has 1 aromatic rings. The maximum Gasteiger partial charge on any atom is 0.361 e. The third-order valence-corrected chi connectivity index (χ3v) is 5.61. The van der Waals surface area contributed by atoms with E-state index in [1.54, 1.807) is 0 Å². The summed E-state index contributed by atoms with van der Waals surface area (Å²) >= 11 is 6.28. The van der Waals surface area contributed by atoms with Crippen molar-refractivity contribution in [2.24, 2.45) is 0 Å². The SMILES string of the molecule is CCCCOC(=O)C[N+]1(C/C=C(/C)Cc2ccccc2Cl)CCCCC1.[Cl-]. The fourth-order valence-electron chi connectivity index (χ4n) is 3.60. The van der Waals surface area contributed by atoms with Crippen LogP contribution < -0.4 is 12.4 Å². The van der Waals surface area contributed by atoms with Crippen LogP contribution in [0.15, 0.2) is 35.9 Å². The van der Waals surface area contributed by atoms with E-state index in [0.717, 1.165) is 54.0 Å². The molecule has 2 rings (SSSR count). The molecule has 1 saturated heterocycles. The molecule has 152 valence electrons. The molecule has 5 heteroatoms. The molecule has 0 bridgehead atoms. The van der Waals surface area contributed by atoms with Crippen molar-refractivity contribution in [2.75, 3.05) is 32.8 Å². The third-order valence-electron chi connectivity index (χ3n) is 5.24. The number of unbranched alkanes of at least 4 members (excludes halogenated alkanes) is 1. The molecule has 1 aliphatic rings. The monoisotopic (exact) mass is 413 g/mol. The van der Waals surface area contributed by atoms with Crippen LogP contribution in [0.25, 0.3) is 0 Å². The van der Waals surface area contributed by atoms with Crippen molar-refractivity contribution >= 4 is 17.6 Å². The summed E-state index contributed by atoms with van der Waals surface area (Å²) in [5.41, 5.74) is 2.47. The van der Waals surface area contributed by atoms with E-state index >= 15 is 0 Å². The molecule has 0 saturated carbocycles. The Morgan fingerprint density at radius 1 is 1.22 bits per heavy atom. The zero-order valence-electron chi connectivity index (χ0n) is 16.7. The maximum absolute atomic E-state index is 12.3. The zero-order chi connectivity index (χ0) is 18.8. The molecule has 3 nitrogen and oxygen atoms in total. The molecule has 0 radical (unpaired) electrons. The molecule has 27 heavy (non-hydrogen) atoms. The summed E-state index contributed by atoms with van der Waals surface area (Å²) in [6.07, 6.45) is 8.82. The van der Waals surface area contributed by atoms with E-state index in [2.05, 4.69) is 26.0 Å². The Morgan fingerprint density at radius 2 is 1.93 bits per heavy atom. The molecule has 1 aliphatic heterocycles. The second kappa shape index (κ2) is 12.4. The number of carbonyl (C=O) groups is 1. The van der Waals surface area contributed by atoms with Gasteiger partial charge in [-0.3, -0.25) is 0 Å². The number of likely N-dealkylation sites (tertiary alicyclic amines) is 1. The Balaban J connectivity index is 0.00000364. The van der Waals surface area contributed by atoms with Gasteiger partial charge >= 0.3 is 5.97 Å². The number of piperidine rings is 1. The average Bonchev–Trinajstić information content (AvgIpc) is 2.63. The van der Waals surface area contributed by atoms with E-state index < -0.39 is 0 Å². The number of hydrogen-bond acceptors (Lipinski definition) is 2. The highest BCUT2D eigenvalue weighted by atomic mass is 35.5. The summed E-state index contributed by atoms with van der Waals surface area (Å²) in [6.45, 7) is 8.36. The van der Waals surface area contributed by atoms with Crippen molar-refractivity contribution in [1.82, 2.24) is 0 Å². The van der Waals surface area contributed by atoms with Crippen molar-refractivity contribution in [3.05, 3.63) is 46.5 Å². The summed E-state index contributed by atoms with van der Waals surface area (Å²) in [5, 5.41) is 0.821. The first-order valence-corrected chi connectivity index (χ1v) is 10.3. The van der Waals surface area contributed by atoms with Crippen molar-refractivity contribution in [3.8, 4) is 0 Å².